The first-order valence-corrected chi connectivity index (χ1v) is 5.04. The average Bonchev–Trinajstić information content (AvgIpc) is 2.27. The van der Waals surface area contributed by atoms with Crippen LogP contribution in [0.2, 0.25) is 0 Å². The van der Waals surface area contributed by atoms with Gasteiger partial charge in [-0.05, 0) is 30.0 Å². The number of aliphatic hydroxyl groups is 1. The summed E-state index contributed by atoms with van der Waals surface area (Å²) in [6.45, 7) is 1.06. The molecule has 0 radical (unpaired) electrons. The van der Waals surface area contributed by atoms with Gasteiger partial charge in [0.2, 0.25) is 0 Å². The third kappa shape index (κ3) is 1.74. The standard InChI is InChI=1S/C11H16N2O/c12-10(7-14)8-3-4-11-9(6-8)2-1-5-13-11/h3-4,6,10,13-14H,1-2,5,7,12H2. The molecule has 1 unspecified atom stereocenters. The summed E-state index contributed by atoms with van der Waals surface area (Å²) in [6.07, 6.45) is 2.28. The van der Waals surface area contributed by atoms with Crippen molar-refractivity contribution in [2.75, 3.05) is 18.5 Å². The van der Waals surface area contributed by atoms with Gasteiger partial charge in [-0.2, -0.15) is 0 Å². The van der Waals surface area contributed by atoms with E-state index in [9.17, 15) is 0 Å². The molecule has 1 aromatic carbocycles. The van der Waals surface area contributed by atoms with Gasteiger partial charge in [-0.25, -0.2) is 0 Å². The van der Waals surface area contributed by atoms with Crippen molar-refractivity contribution >= 4 is 5.69 Å². The smallest absolute Gasteiger partial charge is 0.0624 e. The molecule has 0 spiro atoms. The Morgan fingerprint density at radius 2 is 2.36 bits per heavy atom. The van der Waals surface area contributed by atoms with Crippen LogP contribution >= 0.6 is 0 Å². The molecule has 0 bridgehead atoms. The summed E-state index contributed by atoms with van der Waals surface area (Å²) in [5.41, 5.74) is 9.31. The number of nitrogens with two attached hydrogens (primary N) is 1. The summed E-state index contributed by atoms with van der Waals surface area (Å²) < 4.78 is 0. The summed E-state index contributed by atoms with van der Waals surface area (Å²) in [7, 11) is 0. The number of aliphatic hydroxyl groups excluding tert-OH is 1. The third-order valence-corrected chi connectivity index (χ3v) is 2.69. The van der Waals surface area contributed by atoms with Gasteiger partial charge < -0.3 is 16.2 Å². The molecule has 0 aliphatic carbocycles. The lowest BCUT2D eigenvalue weighted by Gasteiger charge is -2.19. The first-order chi connectivity index (χ1) is 6.81. The molecular formula is C11H16N2O. The van der Waals surface area contributed by atoms with E-state index in [1.54, 1.807) is 0 Å². The van der Waals surface area contributed by atoms with Crippen LogP contribution in [0, 0.1) is 0 Å². The minimum absolute atomic E-state index is 0.00617. The molecule has 0 saturated heterocycles. The number of rotatable bonds is 2. The van der Waals surface area contributed by atoms with Crippen LogP contribution in [0.4, 0.5) is 5.69 Å². The zero-order valence-corrected chi connectivity index (χ0v) is 8.16. The van der Waals surface area contributed by atoms with Gasteiger partial charge in [0.25, 0.3) is 0 Å². The van der Waals surface area contributed by atoms with E-state index in [0.29, 0.717) is 0 Å². The summed E-state index contributed by atoms with van der Waals surface area (Å²) in [5, 5.41) is 12.3. The highest BCUT2D eigenvalue weighted by molar-refractivity contribution is 5.54. The van der Waals surface area contributed by atoms with Gasteiger partial charge >= 0.3 is 0 Å². The third-order valence-electron chi connectivity index (χ3n) is 2.69. The van der Waals surface area contributed by atoms with Crippen LogP contribution in [0.25, 0.3) is 0 Å². The van der Waals surface area contributed by atoms with Crippen molar-refractivity contribution in [3.05, 3.63) is 29.3 Å². The maximum absolute atomic E-state index is 8.95. The summed E-state index contributed by atoms with van der Waals surface area (Å²) >= 11 is 0. The fraction of sp³-hybridized carbons (Fsp3) is 0.455. The van der Waals surface area contributed by atoms with Crippen molar-refractivity contribution in [2.24, 2.45) is 5.73 Å². The first kappa shape index (κ1) is 9.49. The van der Waals surface area contributed by atoms with Crippen LogP contribution in [-0.4, -0.2) is 18.3 Å². The second kappa shape index (κ2) is 3.98. The molecule has 3 heteroatoms. The zero-order chi connectivity index (χ0) is 9.97. The molecule has 1 aliphatic heterocycles. The number of anilines is 1. The molecular weight excluding hydrogens is 176 g/mol. The Bertz CT molecular complexity index is 325. The molecule has 1 aromatic rings. The molecule has 0 saturated carbocycles. The lowest BCUT2D eigenvalue weighted by molar-refractivity contribution is 0.268. The van der Waals surface area contributed by atoms with Crippen molar-refractivity contribution in [3.8, 4) is 0 Å². The van der Waals surface area contributed by atoms with E-state index in [-0.39, 0.29) is 12.6 Å². The molecule has 3 nitrogen and oxygen atoms in total. The van der Waals surface area contributed by atoms with Crippen LogP contribution in [0.5, 0.6) is 0 Å². The summed E-state index contributed by atoms with van der Waals surface area (Å²) in [6, 6.07) is 5.89. The van der Waals surface area contributed by atoms with Crippen LogP contribution in [0.15, 0.2) is 18.2 Å². The van der Waals surface area contributed by atoms with Crippen molar-refractivity contribution in [1.29, 1.82) is 0 Å². The van der Waals surface area contributed by atoms with Crippen molar-refractivity contribution < 1.29 is 5.11 Å². The van der Waals surface area contributed by atoms with Gasteiger partial charge in [0.15, 0.2) is 0 Å². The maximum atomic E-state index is 8.95. The minimum atomic E-state index is -0.248. The van der Waals surface area contributed by atoms with E-state index < -0.39 is 0 Å². The van der Waals surface area contributed by atoms with Gasteiger partial charge in [0, 0.05) is 12.2 Å². The predicted octanol–water partition coefficient (Wildman–Crippen LogP) is 1.04. The zero-order valence-electron chi connectivity index (χ0n) is 8.16. The molecule has 1 heterocycles. The monoisotopic (exact) mass is 192 g/mol. The number of aryl methyl sites for hydroxylation is 1. The number of nitrogens with one attached hydrogen (secondary N) is 1. The van der Waals surface area contributed by atoms with Gasteiger partial charge in [0.1, 0.15) is 0 Å². The molecule has 76 valence electrons. The largest absolute Gasteiger partial charge is 0.394 e. The quantitative estimate of drug-likeness (QED) is 0.656. The van der Waals surface area contributed by atoms with E-state index in [1.807, 2.05) is 6.07 Å². The highest BCUT2D eigenvalue weighted by Gasteiger charge is 2.11. The fourth-order valence-corrected chi connectivity index (χ4v) is 1.83. The number of benzene rings is 1. The van der Waals surface area contributed by atoms with Crippen LogP contribution in [-0.2, 0) is 6.42 Å². The molecule has 1 aliphatic rings. The molecule has 14 heavy (non-hydrogen) atoms. The molecule has 0 fully saturated rings. The number of hydrogen-bond acceptors (Lipinski definition) is 3. The highest BCUT2D eigenvalue weighted by Crippen LogP contribution is 2.24. The minimum Gasteiger partial charge on any atom is -0.394 e. The lowest BCUT2D eigenvalue weighted by Crippen LogP contribution is -2.17. The van der Waals surface area contributed by atoms with E-state index in [1.165, 1.54) is 17.7 Å². The number of hydrogen-bond donors (Lipinski definition) is 3. The van der Waals surface area contributed by atoms with Crippen molar-refractivity contribution in [1.82, 2.24) is 0 Å². The van der Waals surface area contributed by atoms with Crippen molar-refractivity contribution in [3.63, 3.8) is 0 Å². The number of fused-ring (bicyclic) bond motifs is 1. The Labute approximate surface area is 83.9 Å². The second-order valence-electron chi connectivity index (χ2n) is 3.74. The van der Waals surface area contributed by atoms with Gasteiger partial charge in [-0.1, -0.05) is 12.1 Å². The lowest BCUT2D eigenvalue weighted by atomic mass is 9.98. The Balaban J connectivity index is 2.29. The van der Waals surface area contributed by atoms with E-state index in [2.05, 4.69) is 17.4 Å². The van der Waals surface area contributed by atoms with Gasteiger partial charge in [0.05, 0.1) is 12.6 Å². The van der Waals surface area contributed by atoms with E-state index >= 15 is 0 Å². The van der Waals surface area contributed by atoms with E-state index in [0.717, 1.165) is 18.5 Å². The summed E-state index contributed by atoms with van der Waals surface area (Å²) in [5.74, 6) is 0. The molecule has 0 aromatic heterocycles. The van der Waals surface area contributed by atoms with Gasteiger partial charge in [-0.15, -0.1) is 0 Å². The summed E-state index contributed by atoms with van der Waals surface area (Å²) in [4.78, 5) is 0. The van der Waals surface area contributed by atoms with Crippen molar-refractivity contribution in [2.45, 2.75) is 18.9 Å². The Hall–Kier alpha value is -1.06. The molecule has 0 amide bonds. The van der Waals surface area contributed by atoms with E-state index in [4.69, 9.17) is 10.8 Å². The SMILES string of the molecule is NC(CO)c1ccc2c(c1)CCCN2. The normalized spacial score (nSPS) is 17.0. The average molecular weight is 192 g/mol. The van der Waals surface area contributed by atoms with Crippen LogP contribution in [0.3, 0.4) is 0 Å². The molecule has 2 rings (SSSR count). The predicted molar refractivity (Wildman–Crippen MR) is 57.3 cm³/mol. The highest BCUT2D eigenvalue weighted by atomic mass is 16.3. The molecule has 1 atom stereocenters. The fourth-order valence-electron chi connectivity index (χ4n) is 1.83. The Kier molecular flexibility index (Phi) is 2.70. The topological polar surface area (TPSA) is 58.3 Å². The Morgan fingerprint density at radius 1 is 1.50 bits per heavy atom. The maximum Gasteiger partial charge on any atom is 0.0624 e. The second-order valence-corrected chi connectivity index (χ2v) is 3.74. The molecule has 4 N–H and O–H groups in total. The van der Waals surface area contributed by atoms with Gasteiger partial charge in [-0.3, -0.25) is 0 Å². The van der Waals surface area contributed by atoms with Crippen LogP contribution < -0.4 is 11.1 Å². The van der Waals surface area contributed by atoms with Crippen LogP contribution in [0.1, 0.15) is 23.6 Å². The Morgan fingerprint density at radius 3 is 3.14 bits per heavy atom. The first-order valence-electron chi connectivity index (χ1n) is 5.04.